The van der Waals surface area contributed by atoms with E-state index in [0.717, 1.165) is 44.0 Å². The summed E-state index contributed by atoms with van der Waals surface area (Å²) in [6.45, 7) is 10.5. The van der Waals surface area contributed by atoms with Gasteiger partial charge in [-0.3, -0.25) is 0 Å². The first-order valence-corrected chi connectivity index (χ1v) is 6.88. The number of nitrogens with one attached hydrogen (secondary N) is 1. The van der Waals surface area contributed by atoms with Crippen molar-refractivity contribution in [1.82, 2.24) is 20.4 Å². The van der Waals surface area contributed by atoms with Crippen molar-refractivity contribution >= 4 is 0 Å². The van der Waals surface area contributed by atoms with Gasteiger partial charge >= 0.3 is 0 Å². The van der Waals surface area contributed by atoms with Crippen molar-refractivity contribution in [1.29, 1.82) is 0 Å². The first kappa shape index (κ1) is 15.1. The minimum absolute atomic E-state index is 0.949. The molecule has 1 aromatic heterocycles. The molecule has 0 aliphatic heterocycles. The van der Waals surface area contributed by atoms with Crippen molar-refractivity contribution < 1.29 is 0 Å². The fraction of sp³-hybridized carbons (Fsp3) is 0.714. The number of rotatable bonds is 8. The summed E-state index contributed by atoms with van der Waals surface area (Å²) in [6.07, 6.45) is 2.14. The highest BCUT2D eigenvalue weighted by Gasteiger charge is 2.07. The Morgan fingerprint density at radius 2 is 2.00 bits per heavy atom. The van der Waals surface area contributed by atoms with Gasteiger partial charge in [0.1, 0.15) is 0 Å². The van der Waals surface area contributed by atoms with E-state index in [1.807, 2.05) is 6.92 Å². The first-order chi connectivity index (χ1) is 8.67. The number of nitrogens with zero attached hydrogens (tertiary/aromatic N) is 3. The van der Waals surface area contributed by atoms with E-state index in [1.165, 1.54) is 12.0 Å². The van der Waals surface area contributed by atoms with Crippen molar-refractivity contribution in [2.75, 3.05) is 26.7 Å². The summed E-state index contributed by atoms with van der Waals surface area (Å²) in [4.78, 5) is 2.33. The largest absolute Gasteiger partial charge is 0.315 e. The van der Waals surface area contributed by atoms with Crippen LogP contribution in [0.15, 0.2) is 6.07 Å². The van der Waals surface area contributed by atoms with Crippen molar-refractivity contribution in [3.8, 4) is 0 Å². The molecule has 1 N–H and O–H groups in total. The third kappa shape index (κ3) is 5.10. The van der Waals surface area contributed by atoms with Gasteiger partial charge in [-0.15, -0.1) is 0 Å². The van der Waals surface area contributed by atoms with Crippen LogP contribution in [-0.2, 0) is 13.0 Å². The Labute approximate surface area is 111 Å². The standard InChI is InChI=1S/C14H26N4/c1-5-7-15-8-9-18(4)11-13-10-12(3)16-17-14(13)6-2/h10,15H,5-9,11H2,1-4H3. The summed E-state index contributed by atoms with van der Waals surface area (Å²) < 4.78 is 0. The lowest BCUT2D eigenvalue weighted by atomic mass is 10.1. The van der Waals surface area contributed by atoms with Gasteiger partial charge in [0.25, 0.3) is 0 Å². The Morgan fingerprint density at radius 1 is 1.22 bits per heavy atom. The predicted molar refractivity (Wildman–Crippen MR) is 75.6 cm³/mol. The maximum atomic E-state index is 4.27. The van der Waals surface area contributed by atoms with Crippen molar-refractivity contribution in [2.45, 2.75) is 40.2 Å². The van der Waals surface area contributed by atoms with Crippen LogP contribution in [0, 0.1) is 6.92 Å². The second-order valence-electron chi connectivity index (χ2n) is 4.80. The summed E-state index contributed by atoms with van der Waals surface area (Å²) >= 11 is 0. The summed E-state index contributed by atoms with van der Waals surface area (Å²) in [6, 6.07) is 2.15. The Morgan fingerprint density at radius 3 is 2.67 bits per heavy atom. The van der Waals surface area contributed by atoms with Crippen LogP contribution in [0.1, 0.15) is 37.2 Å². The van der Waals surface area contributed by atoms with Gasteiger partial charge in [-0.2, -0.15) is 10.2 Å². The number of aryl methyl sites for hydroxylation is 2. The highest BCUT2D eigenvalue weighted by molar-refractivity contribution is 5.20. The average molecular weight is 250 g/mol. The minimum atomic E-state index is 0.949. The first-order valence-electron chi connectivity index (χ1n) is 6.88. The van der Waals surface area contributed by atoms with Gasteiger partial charge in [0.15, 0.2) is 0 Å². The van der Waals surface area contributed by atoms with Crippen LogP contribution in [0.4, 0.5) is 0 Å². The molecule has 0 bridgehead atoms. The summed E-state index contributed by atoms with van der Waals surface area (Å²) in [5, 5.41) is 11.8. The Bertz CT molecular complexity index is 352. The fourth-order valence-electron chi connectivity index (χ4n) is 1.94. The van der Waals surface area contributed by atoms with Gasteiger partial charge in [-0.1, -0.05) is 13.8 Å². The van der Waals surface area contributed by atoms with Gasteiger partial charge < -0.3 is 10.2 Å². The molecule has 4 nitrogen and oxygen atoms in total. The molecule has 0 saturated heterocycles. The van der Waals surface area contributed by atoms with E-state index in [-0.39, 0.29) is 0 Å². The molecule has 0 fully saturated rings. The van der Waals surface area contributed by atoms with Gasteiger partial charge in [0.05, 0.1) is 11.4 Å². The molecule has 0 amide bonds. The van der Waals surface area contributed by atoms with Crippen molar-refractivity contribution in [3.05, 3.63) is 23.0 Å². The zero-order valence-corrected chi connectivity index (χ0v) is 12.2. The Kier molecular flexibility index (Phi) is 6.83. The molecule has 4 heteroatoms. The van der Waals surface area contributed by atoms with E-state index in [1.54, 1.807) is 0 Å². The molecule has 0 saturated carbocycles. The molecule has 0 spiro atoms. The van der Waals surface area contributed by atoms with E-state index in [0.29, 0.717) is 0 Å². The normalized spacial score (nSPS) is 11.2. The zero-order chi connectivity index (χ0) is 13.4. The fourth-order valence-corrected chi connectivity index (χ4v) is 1.94. The molecule has 0 aliphatic carbocycles. The summed E-state index contributed by atoms with van der Waals surface area (Å²) in [5.41, 5.74) is 3.43. The zero-order valence-electron chi connectivity index (χ0n) is 12.2. The number of likely N-dealkylation sites (N-methyl/N-ethyl adjacent to an activating group) is 1. The lowest BCUT2D eigenvalue weighted by molar-refractivity contribution is 0.323. The average Bonchev–Trinajstić information content (AvgIpc) is 2.35. The summed E-state index contributed by atoms with van der Waals surface area (Å²) in [7, 11) is 2.16. The highest BCUT2D eigenvalue weighted by atomic mass is 15.1. The van der Waals surface area contributed by atoms with Crippen LogP contribution in [0.25, 0.3) is 0 Å². The van der Waals surface area contributed by atoms with E-state index < -0.39 is 0 Å². The van der Waals surface area contributed by atoms with Crippen LogP contribution in [0.3, 0.4) is 0 Å². The van der Waals surface area contributed by atoms with Crippen LogP contribution in [0.5, 0.6) is 0 Å². The Hall–Kier alpha value is -1.00. The van der Waals surface area contributed by atoms with E-state index >= 15 is 0 Å². The van der Waals surface area contributed by atoms with Crippen LogP contribution < -0.4 is 5.32 Å². The number of hydrogen-bond donors (Lipinski definition) is 1. The van der Waals surface area contributed by atoms with Gasteiger partial charge in [0, 0.05) is 19.6 Å². The van der Waals surface area contributed by atoms with Gasteiger partial charge in [0.2, 0.25) is 0 Å². The molecule has 0 atom stereocenters. The summed E-state index contributed by atoms with van der Waals surface area (Å²) in [5.74, 6) is 0. The number of hydrogen-bond acceptors (Lipinski definition) is 4. The van der Waals surface area contributed by atoms with E-state index in [9.17, 15) is 0 Å². The maximum Gasteiger partial charge on any atom is 0.0673 e. The second kappa shape index (κ2) is 8.16. The molecule has 1 rings (SSSR count). The smallest absolute Gasteiger partial charge is 0.0673 e. The molecule has 0 radical (unpaired) electrons. The molecular formula is C14H26N4. The van der Waals surface area contributed by atoms with Crippen LogP contribution in [-0.4, -0.2) is 41.8 Å². The molecular weight excluding hydrogens is 224 g/mol. The second-order valence-corrected chi connectivity index (χ2v) is 4.80. The van der Waals surface area contributed by atoms with E-state index in [2.05, 4.69) is 47.4 Å². The predicted octanol–water partition coefficient (Wildman–Crippen LogP) is 1.78. The topological polar surface area (TPSA) is 41.0 Å². The van der Waals surface area contributed by atoms with Gasteiger partial charge in [-0.05, 0) is 45.0 Å². The molecule has 0 aromatic carbocycles. The minimum Gasteiger partial charge on any atom is -0.315 e. The molecule has 0 aliphatic rings. The van der Waals surface area contributed by atoms with Crippen LogP contribution in [0.2, 0.25) is 0 Å². The molecule has 0 unspecified atom stereocenters. The van der Waals surface area contributed by atoms with Crippen molar-refractivity contribution in [3.63, 3.8) is 0 Å². The van der Waals surface area contributed by atoms with Crippen LogP contribution >= 0.6 is 0 Å². The molecule has 102 valence electrons. The molecule has 1 aromatic rings. The third-order valence-corrected chi connectivity index (χ3v) is 2.95. The lowest BCUT2D eigenvalue weighted by Crippen LogP contribution is -2.29. The monoisotopic (exact) mass is 250 g/mol. The highest BCUT2D eigenvalue weighted by Crippen LogP contribution is 2.09. The molecule has 18 heavy (non-hydrogen) atoms. The third-order valence-electron chi connectivity index (χ3n) is 2.95. The maximum absolute atomic E-state index is 4.27. The SMILES string of the molecule is CCCNCCN(C)Cc1cc(C)nnc1CC. The Balaban J connectivity index is 2.47. The van der Waals surface area contributed by atoms with Gasteiger partial charge in [-0.25, -0.2) is 0 Å². The molecule has 1 heterocycles. The lowest BCUT2D eigenvalue weighted by Gasteiger charge is -2.18. The van der Waals surface area contributed by atoms with Crippen molar-refractivity contribution in [2.24, 2.45) is 0 Å². The number of aromatic nitrogens is 2. The van der Waals surface area contributed by atoms with E-state index in [4.69, 9.17) is 0 Å². The quantitative estimate of drug-likeness (QED) is 0.714.